The molecule has 1 N–H and O–H groups in total. The van der Waals surface area contributed by atoms with Crippen molar-refractivity contribution in [2.45, 2.75) is 52.7 Å². The lowest BCUT2D eigenvalue weighted by molar-refractivity contribution is 0.0286. The van der Waals surface area contributed by atoms with Crippen molar-refractivity contribution in [2.24, 2.45) is 12.5 Å². The minimum Gasteiger partial charge on any atom is -0.310 e. The normalized spacial score (nSPS) is 24.6. The van der Waals surface area contributed by atoms with E-state index in [1.165, 1.54) is 0 Å². The van der Waals surface area contributed by atoms with Crippen LogP contribution in [0.5, 0.6) is 0 Å². The van der Waals surface area contributed by atoms with E-state index in [9.17, 15) is 0 Å². The minimum absolute atomic E-state index is 0.152. The first-order valence-corrected chi connectivity index (χ1v) is 7.02. The van der Waals surface area contributed by atoms with Crippen LogP contribution in [0, 0.1) is 5.41 Å². The first kappa shape index (κ1) is 14.5. The number of rotatable bonds is 2. The van der Waals surface area contributed by atoms with Crippen LogP contribution >= 0.6 is 0 Å². The molecule has 108 valence electrons. The fraction of sp³-hybridized carbons (Fsp3) is 0.857. The molecule has 1 saturated heterocycles. The second kappa shape index (κ2) is 4.87. The molecule has 0 amide bonds. The topological polar surface area (TPSA) is 46.0 Å². The van der Waals surface area contributed by atoms with Gasteiger partial charge >= 0.3 is 0 Å². The number of nitrogens with zero attached hydrogens (tertiary/aromatic N) is 4. The molecule has 1 aliphatic rings. The molecule has 1 aromatic rings. The lowest BCUT2D eigenvalue weighted by atomic mass is 9.83. The molecule has 0 aromatic carbocycles. The van der Waals surface area contributed by atoms with Crippen LogP contribution < -0.4 is 5.32 Å². The van der Waals surface area contributed by atoms with Crippen LogP contribution in [0.15, 0.2) is 6.20 Å². The average molecular weight is 265 g/mol. The summed E-state index contributed by atoms with van der Waals surface area (Å²) in [6.07, 6.45) is 2.00. The van der Waals surface area contributed by atoms with Crippen molar-refractivity contribution in [3.8, 4) is 0 Å². The first-order chi connectivity index (χ1) is 8.68. The van der Waals surface area contributed by atoms with E-state index in [2.05, 4.69) is 55.1 Å². The molecule has 1 atom stereocenters. The Kier molecular flexibility index (Phi) is 3.71. The third-order valence-corrected chi connectivity index (χ3v) is 4.09. The monoisotopic (exact) mass is 265 g/mol. The summed E-state index contributed by atoms with van der Waals surface area (Å²) in [7, 11) is 1.91. The van der Waals surface area contributed by atoms with E-state index >= 15 is 0 Å². The van der Waals surface area contributed by atoms with Gasteiger partial charge in [-0.2, -0.15) is 0 Å². The molecule has 5 heteroatoms. The van der Waals surface area contributed by atoms with Gasteiger partial charge in [0, 0.05) is 44.5 Å². The average Bonchev–Trinajstić information content (AvgIpc) is 2.65. The molecular formula is C14H27N5. The van der Waals surface area contributed by atoms with Gasteiger partial charge in [-0.15, -0.1) is 5.10 Å². The fourth-order valence-electron chi connectivity index (χ4n) is 2.54. The Hall–Kier alpha value is -0.940. The SMILES string of the molecule is Cn1cc(CN2CC(C(C)(C)C)NCC2(C)C)nn1. The largest absolute Gasteiger partial charge is 0.310 e. The highest BCUT2D eigenvalue weighted by Gasteiger charge is 2.38. The third kappa shape index (κ3) is 3.34. The van der Waals surface area contributed by atoms with Gasteiger partial charge in [0.2, 0.25) is 0 Å². The maximum absolute atomic E-state index is 4.21. The van der Waals surface area contributed by atoms with Crippen molar-refractivity contribution in [3.05, 3.63) is 11.9 Å². The maximum Gasteiger partial charge on any atom is 0.0967 e. The van der Waals surface area contributed by atoms with Gasteiger partial charge in [0.25, 0.3) is 0 Å². The summed E-state index contributed by atoms with van der Waals surface area (Å²) in [5.74, 6) is 0. The lowest BCUT2D eigenvalue weighted by Crippen LogP contribution is -2.64. The van der Waals surface area contributed by atoms with E-state index in [4.69, 9.17) is 0 Å². The maximum atomic E-state index is 4.21. The van der Waals surface area contributed by atoms with Crippen LogP contribution in [0.2, 0.25) is 0 Å². The number of aryl methyl sites for hydroxylation is 1. The second-order valence-corrected chi connectivity index (χ2v) is 7.38. The van der Waals surface area contributed by atoms with Crippen LogP contribution in [-0.2, 0) is 13.6 Å². The molecule has 0 saturated carbocycles. The Morgan fingerprint density at radius 2 is 2.11 bits per heavy atom. The standard InChI is InChI=1S/C14H27N5/c1-13(2,3)12-9-19(14(4,5)10-15-12)8-11-7-18(6)17-16-11/h7,12,15H,8-10H2,1-6H3. The van der Waals surface area contributed by atoms with Crippen LogP contribution in [-0.4, -0.2) is 44.6 Å². The molecule has 19 heavy (non-hydrogen) atoms. The number of hydrogen-bond acceptors (Lipinski definition) is 4. The fourth-order valence-corrected chi connectivity index (χ4v) is 2.54. The van der Waals surface area contributed by atoms with E-state index in [0.29, 0.717) is 6.04 Å². The Bertz CT molecular complexity index is 429. The van der Waals surface area contributed by atoms with Gasteiger partial charge in [0.05, 0.1) is 5.69 Å². The Labute approximate surface area is 116 Å². The number of hydrogen-bond donors (Lipinski definition) is 1. The number of nitrogens with one attached hydrogen (secondary N) is 1. The summed E-state index contributed by atoms with van der Waals surface area (Å²) in [4.78, 5) is 2.52. The van der Waals surface area contributed by atoms with E-state index in [1.807, 2.05) is 13.2 Å². The summed E-state index contributed by atoms with van der Waals surface area (Å²) in [6.45, 7) is 14.4. The quantitative estimate of drug-likeness (QED) is 0.878. The molecule has 1 unspecified atom stereocenters. The zero-order valence-electron chi connectivity index (χ0n) is 13.1. The van der Waals surface area contributed by atoms with Crippen LogP contribution in [0.1, 0.15) is 40.3 Å². The van der Waals surface area contributed by atoms with Gasteiger partial charge in [-0.1, -0.05) is 26.0 Å². The Morgan fingerprint density at radius 1 is 1.42 bits per heavy atom. The van der Waals surface area contributed by atoms with Gasteiger partial charge in [-0.05, 0) is 19.3 Å². The first-order valence-electron chi connectivity index (χ1n) is 7.02. The van der Waals surface area contributed by atoms with Crippen molar-refractivity contribution in [2.75, 3.05) is 13.1 Å². The highest BCUT2D eigenvalue weighted by molar-refractivity contribution is 5.01. The summed E-state index contributed by atoms with van der Waals surface area (Å²) in [5.41, 5.74) is 1.47. The van der Waals surface area contributed by atoms with Crippen molar-refractivity contribution >= 4 is 0 Å². The van der Waals surface area contributed by atoms with Gasteiger partial charge in [-0.3, -0.25) is 9.58 Å². The van der Waals surface area contributed by atoms with Crippen molar-refractivity contribution in [3.63, 3.8) is 0 Å². The highest BCUT2D eigenvalue weighted by atomic mass is 15.4. The third-order valence-electron chi connectivity index (χ3n) is 4.09. The lowest BCUT2D eigenvalue weighted by Gasteiger charge is -2.49. The smallest absolute Gasteiger partial charge is 0.0967 e. The van der Waals surface area contributed by atoms with Crippen molar-refractivity contribution in [1.29, 1.82) is 0 Å². The van der Waals surface area contributed by atoms with Crippen LogP contribution in [0.4, 0.5) is 0 Å². The summed E-state index contributed by atoms with van der Waals surface area (Å²) in [5, 5.41) is 11.9. The van der Waals surface area contributed by atoms with Crippen molar-refractivity contribution < 1.29 is 0 Å². The van der Waals surface area contributed by atoms with Gasteiger partial charge < -0.3 is 5.32 Å². The molecule has 1 fully saturated rings. The van der Waals surface area contributed by atoms with Crippen LogP contribution in [0.25, 0.3) is 0 Å². The summed E-state index contributed by atoms with van der Waals surface area (Å²) < 4.78 is 1.77. The molecule has 2 rings (SSSR count). The predicted octanol–water partition coefficient (Wildman–Crippen LogP) is 1.41. The molecule has 5 nitrogen and oxygen atoms in total. The Morgan fingerprint density at radius 3 is 2.63 bits per heavy atom. The zero-order chi connectivity index (χ0) is 14.3. The molecule has 0 aliphatic carbocycles. The Balaban J connectivity index is 2.11. The van der Waals surface area contributed by atoms with Gasteiger partial charge in [-0.25, -0.2) is 0 Å². The molecule has 2 heterocycles. The van der Waals surface area contributed by atoms with Gasteiger partial charge in [0.15, 0.2) is 0 Å². The number of aromatic nitrogens is 3. The van der Waals surface area contributed by atoms with E-state index < -0.39 is 0 Å². The second-order valence-electron chi connectivity index (χ2n) is 7.38. The summed E-state index contributed by atoms with van der Waals surface area (Å²) >= 11 is 0. The van der Waals surface area contributed by atoms with E-state index in [1.54, 1.807) is 4.68 Å². The summed E-state index contributed by atoms with van der Waals surface area (Å²) in [6, 6.07) is 0.511. The predicted molar refractivity (Wildman–Crippen MR) is 76.7 cm³/mol. The molecular weight excluding hydrogens is 238 g/mol. The van der Waals surface area contributed by atoms with E-state index in [0.717, 1.165) is 25.3 Å². The number of piperazine rings is 1. The molecule has 1 aliphatic heterocycles. The molecule has 0 bridgehead atoms. The molecule has 1 aromatic heterocycles. The molecule has 0 spiro atoms. The molecule has 0 radical (unpaired) electrons. The van der Waals surface area contributed by atoms with Crippen LogP contribution in [0.3, 0.4) is 0 Å². The van der Waals surface area contributed by atoms with Gasteiger partial charge in [0.1, 0.15) is 0 Å². The van der Waals surface area contributed by atoms with Crippen molar-refractivity contribution in [1.82, 2.24) is 25.2 Å². The highest BCUT2D eigenvalue weighted by Crippen LogP contribution is 2.28. The van der Waals surface area contributed by atoms with E-state index in [-0.39, 0.29) is 11.0 Å². The minimum atomic E-state index is 0.152. The zero-order valence-corrected chi connectivity index (χ0v) is 13.1.